The third-order valence-corrected chi connectivity index (χ3v) is 5.27. The minimum absolute atomic E-state index is 0.0998. The average Bonchev–Trinajstić information content (AvgIpc) is 2.43. The molecule has 0 heterocycles. The van der Waals surface area contributed by atoms with Gasteiger partial charge in [0.25, 0.3) is 0 Å². The van der Waals surface area contributed by atoms with Gasteiger partial charge in [0, 0.05) is 8.04 Å². The van der Waals surface area contributed by atoms with Crippen LogP contribution in [0, 0.1) is 9.39 Å². The molecule has 0 fully saturated rings. The van der Waals surface area contributed by atoms with Gasteiger partial charge >= 0.3 is 0 Å². The lowest BCUT2D eigenvalue weighted by atomic mass is 9.99. The van der Waals surface area contributed by atoms with Crippen LogP contribution in [0.15, 0.2) is 45.3 Å². The first-order valence-electron chi connectivity index (χ1n) is 5.87. The molecule has 0 radical (unpaired) electrons. The molecule has 0 aliphatic carbocycles. The second kappa shape index (κ2) is 7.31. The number of rotatable bonds is 4. The lowest BCUT2D eigenvalue weighted by molar-refractivity contribution is 0.544. The molecule has 0 saturated heterocycles. The zero-order chi connectivity index (χ0) is 14.7. The summed E-state index contributed by atoms with van der Waals surface area (Å²) >= 11 is 9.08. The molecule has 2 aromatic rings. The lowest BCUT2D eigenvalue weighted by Gasteiger charge is -2.19. The van der Waals surface area contributed by atoms with Crippen LogP contribution in [0.2, 0.25) is 0 Å². The minimum Gasteiger partial charge on any atom is -0.271 e. The summed E-state index contributed by atoms with van der Waals surface area (Å²) in [5.41, 5.74) is 4.73. The molecule has 20 heavy (non-hydrogen) atoms. The smallest absolute Gasteiger partial charge is 0.137 e. The molecule has 1 unspecified atom stereocenters. The molecule has 0 aliphatic rings. The number of halogens is 4. The van der Waals surface area contributed by atoms with Gasteiger partial charge in [0.2, 0.25) is 0 Å². The Balaban J connectivity index is 2.34. The molecule has 106 valence electrons. The number of nitrogens with one attached hydrogen (secondary N) is 1. The van der Waals surface area contributed by atoms with Gasteiger partial charge in [-0.25, -0.2) is 4.39 Å². The van der Waals surface area contributed by atoms with Crippen molar-refractivity contribution in [1.82, 2.24) is 5.43 Å². The van der Waals surface area contributed by atoms with E-state index >= 15 is 0 Å². The summed E-state index contributed by atoms with van der Waals surface area (Å²) in [7, 11) is 0. The fraction of sp³-hybridized carbons (Fsp3) is 0.143. The molecule has 2 rings (SSSR count). The zero-order valence-electron chi connectivity index (χ0n) is 10.3. The molecule has 0 aromatic heterocycles. The van der Waals surface area contributed by atoms with Crippen molar-refractivity contribution in [3.05, 3.63) is 65.9 Å². The molecule has 0 amide bonds. The van der Waals surface area contributed by atoms with Crippen LogP contribution < -0.4 is 11.3 Å². The Labute approximate surface area is 147 Å². The van der Waals surface area contributed by atoms with Crippen LogP contribution in [-0.4, -0.2) is 0 Å². The fourth-order valence-electron chi connectivity index (χ4n) is 1.97. The Kier molecular flexibility index (Phi) is 5.97. The predicted octanol–water partition coefficient (Wildman–Crippen LogP) is 4.70. The largest absolute Gasteiger partial charge is 0.271 e. The molecule has 6 heteroatoms. The average molecular weight is 514 g/mol. The van der Waals surface area contributed by atoms with Crippen LogP contribution in [0.1, 0.15) is 17.2 Å². The summed E-state index contributed by atoms with van der Waals surface area (Å²) in [6.45, 7) is 0. The van der Waals surface area contributed by atoms with E-state index in [2.05, 4.69) is 65.9 Å². The van der Waals surface area contributed by atoms with E-state index in [1.165, 1.54) is 6.07 Å². The van der Waals surface area contributed by atoms with E-state index in [9.17, 15) is 4.39 Å². The van der Waals surface area contributed by atoms with Crippen LogP contribution in [0.4, 0.5) is 4.39 Å². The van der Waals surface area contributed by atoms with E-state index in [0.717, 1.165) is 19.2 Å². The van der Waals surface area contributed by atoms with Gasteiger partial charge in [0.05, 0.1) is 10.5 Å². The molecule has 0 saturated carbocycles. The molecule has 2 nitrogen and oxygen atoms in total. The van der Waals surface area contributed by atoms with Crippen molar-refractivity contribution in [2.24, 2.45) is 5.84 Å². The maximum atomic E-state index is 13.6. The highest BCUT2D eigenvalue weighted by Crippen LogP contribution is 2.30. The monoisotopic (exact) mass is 512 g/mol. The van der Waals surface area contributed by atoms with Crippen molar-refractivity contribution in [2.45, 2.75) is 12.5 Å². The molecular weight excluding hydrogens is 502 g/mol. The number of hydrogen-bond donors (Lipinski definition) is 2. The van der Waals surface area contributed by atoms with Gasteiger partial charge in [-0.1, -0.05) is 28.1 Å². The van der Waals surface area contributed by atoms with Gasteiger partial charge in [0.1, 0.15) is 5.82 Å². The minimum atomic E-state index is -0.264. The molecule has 1 atom stereocenters. The molecule has 3 N–H and O–H groups in total. The number of benzene rings is 2. The van der Waals surface area contributed by atoms with Crippen LogP contribution in [0.25, 0.3) is 0 Å². The standard InChI is InChI=1S/C14H12Br2FIN2/c15-11-5-4-9(18)7-10(11)13(20-19)6-8-2-1-3-12(17)14(8)16/h1-5,7,13,20H,6,19H2. The highest BCUT2D eigenvalue weighted by Gasteiger charge is 2.16. The van der Waals surface area contributed by atoms with E-state index in [1.54, 1.807) is 6.07 Å². The van der Waals surface area contributed by atoms with Crippen molar-refractivity contribution in [3.63, 3.8) is 0 Å². The first-order valence-corrected chi connectivity index (χ1v) is 8.53. The summed E-state index contributed by atoms with van der Waals surface area (Å²) < 4.78 is 16.2. The van der Waals surface area contributed by atoms with E-state index in [0.29, 0.717) is 10.9 Å². The van der Waals surface area contributed by atoms with Crippen molar-refractivity contribution < 1.29 is 4.39 Å². The van der Waals surface area contributed by atoms with Gasteiger partial charge < -0.3 is 0 Å². The van der Waals surface area contributed by atoms with E-state index in [1.807, 2.05) is 18.2 Å². The number of nitrogens with two attached hydrogens (primary N) is 1. The Bertz CT molecular complexity index is 622. The van der Waals surface area contributed by atoms with E-state index in [4.69, 9.17) is 5.84 Å². The summed E-state index contributed by atoms with van der Waals surface area (Å²) in [6.07, 6.45) is 0.591. The molecular formula is C14H12Br2FIN2. The summed E-state index contributed by atoms with van der Waals surface area (Å²) in [5.74, 6) is 5.41. The zero-order valence-corrected chi connectivity index (χ0v) is 15.7. The number of hydrogen-bond acceptors (Lipinski definition) is 2. The Hall–Kier alpha value is -0.0200. The quantitative estimate of drug-likeness (QED) is 0.353. The van der Waals surface area contributed by atoms with E-state index < -0.39 is 0 Å². The molecule has 0 bridgehead atoms. The Morgan fingerprint density at radius 1 is 1.25 bits per heavy atom. The van der Waals surface area contributed by atoms with Gasteiger partial charge in [-0.2, -0.15) is 0 Å². The Morgan fingerprint density at radius 3 is 2.70 bits per heavy atom. The first kappa shape index (κ1) is 16.4. The Morgan fingerprint density at radius 2 is 2.00 bits per heavy atom. The topological polar surface area (TPSA) is 38.0 Å². The lowest BCUT2D eigenvalue weighted by Crippen LogP contribution is -2.30. The van der Waals surface area contributed by atoms with Crippen molar-refractivity contribution >= 4 is 54.5 Å². The van der Waals surface area contributed by atoms with Gasteiger partial charge in [-0.05, 0) is 80.3 Å². The molecule has 0 spiro atoms. The SMILES string of the molecule is NNC(Cc1cccc(F)c1Br)c1cc(I)ccc1Br. The second-order valence-corrected chi connectivity index (χ2v) is 7.20. The van der Waals surface area contributed by atoms with Crippen LogP contribution in [0.3, 0.4) is 0 Å². The predicted molar refractivity (Wildman–Crippen MR) is 94.7 cm³/mol. The normalized spacial score (nSPS) is 12.4. The second-order valence-electron chi connectivity index (χ2n) is 4.30. The highest BCUT2D eigenvalue weighted by molar-refractivity contribution is 14.1. The first-order chi connectivity index (χ1) is 9.52. The maximum Gasteiger partial charge on any atom is 0.137 e. The van der Waals surface area contributed by atoms with Crippen molar-refractivity contribution in [1.29, 1.82) is 0 Å². The summed E-state index contributed by atoms with van der Waals surface area (Å²) in [5, 5.41) is 0. The van der Waals surface area contributed by atoms with Crippen molar-refractivity contribution in [2.75, 3.05) is 0 Å². The van der Waals surface area contributed by atoms with Gasteiger partial charge in [0.15, 0.2) is 0 Å². The fourth-order valence-corrected chi connectivity index (χ4v) is 3.43. The van der Waals surface area contributed by atoms with Crippen LogP contribution in [-0.2, 0) is 6.42 Å². The highest BCUT2D eigenvalue weighted by atomic mass is 127. The van der Waals surface area contributed by atoms with E-state index in [-0.39, 0.29) is 11.9 Å². The van der Waals surface area contributed by atoms with Crippen LogP contribution in [0.5, 0.6) is 0 Å². The molecule has 0 aliphatic heterocycles. The third-order valence-electron chi connectivity index (χ3n) is 2.99. The summed E-state index contributed by atoms with van der Waals surface area (Å²) in [6, 6.07) is 11.0. The third kappa shape index (κ3) is 3.79. The van der Waals surface area contributed by atoms with Gasteiger partial charge in [-0.15, -0.1) is 0 Å². The molecule has 2 aromatic carbocycles. The summed E-state index contributed by atoms with van der Waals surface area (Å²) in [4.78, 5) is 0. The number of hydrazine groups is 1. The van der Waals surface area contributed by atoms with Crippen LogP contribution >= 0.6 is 54.5 Å². The van der Waals surface area contributed by atoms with Gasteiger partial charge in [-0.3, -0.25) is 11.3 Å². The van der Waals surface area contributed by atoms with Crippen molar-refractivity contribution in [3.8, 4) is 0 Å². The maximum absolute atomic E-state index is 13.6.